The summed E-state index contributed by atoms with van der Waals surface area (Å²) in [6.07, 6.45) is 5.73. The predicted molar refractivity (Wildman–Crippen MR) is 116 cm³/mol. The van der Waals surface area contributed by atoms with Gasteiger partial charge in [0.25, 0.3) is 5.91 Å². The number of benzene rings is 2. The van der Waals surface area contributed by atoms with Crippen molar-refractivity contribution in [3.8, 4) is 5.75 Å². The van der Waals surface area contributed by atoms with Gasteiger partial charge >= 0.3 is 0 Å². The highest BCUT2D eigenvalue weighted by Crippen LogP contribution is 2.31. The Bertz CT molecular complexity index is 806. The molecule has 28 heavy (non-hydrogen) atoms. The van der Waals surface area contributed by atoms with Crippen LogP contribution in [-0.4, -0.2) is 25.1 Å². The van der Waals surface area contributed by atoms with Crippen LogP contribution in [0.3, 0.4) is 0 Å². The molecule has 1 amide bonds. The second kappa shape index (κ2) is 9.49. The van der Waals surface area contributed by atoms with Gasteiger partial charge in [0.05, 0.1) is 18.0 Å². The summed E-state index contributed by atoms with van der Waals surface area (Å²) in [5, 5.41) is 2.94. The van der Waals surface area contributed by atoms with E-state index in [1.165, 1.54) is 19.3 Å². The monoisotopic (exact) mass is 381 g/mol. The number of nitrogen functional groups attached to an aromatic ring is 1. The lowest BCUT2D eigenvalue weighted by molar-refractivity contribution is 0.102. The third-order valence-corrected chi connectivity index (χ3v) is 5.26. The van der Waals surface area contributed by atoms with Crippen LogP contribution in [0.25, 0.3) is 0 Å². The van der Waals surface area contributed by atoms with Crippen molar-refractivity contribution in [1.82, 2.24) is 0 Å². The van der Waals surface area contributed by atoms with Gasteiger partial charge in [-0.05, 0) is 69.0 Å². The molecule has 1 fully saturated rings. The van der Waals surface area contributed by atoms with Crippen LogP contribution < -0.4 is 20.7 Å². The fourth-order valence-corrected chi connectivity index (χ4v) is 3.61. The average Bonchev–Trinajstić information content (AvgIpc) is 2.69. The van der Waals surface area contributed by atoms with Gasteiger partial charge in [0, 0.05) is 23.8 Å². The molecule has 3 rings (SSSR count). The number of piperidine rings is 1. The van der Waals surface area contributed by atoms with Crippen LogP contribution in [0.2, 0.25) is 0 Å². The van der Waals surface area contributed by atoms with E-state index >= 15 is 0 Å². The van der Waals surface area contributed by atoms with Crippen LogP contribution in [0.15, 0.2) is 42.5 Å². The highest BCUT2D eigenvalue weighted by Gasteiger charge is 2.20. The molecule has 5 nitrogen and oxygen atoms in total. The first-order valence-corrected chi connectivity index (χ1v) is 10.3. The molecule has 150 valence electrons. The molecule has 0 saturated carbocycles. The second-order valence-corrected chi connectivity index (χ2v) is 7.50. The summed E-state index contributed by atoms with van der Waals surface area (Å²) in [6.45, 7) is 6.05. The van der Waals surface area contributed by atoms with Gasteiger partial charge in [0.15, 0.2) is 0 Å². The van der Waals surface area contributed by atoms with Crippen molar-refractivity contribution in [1.29, 1.82) is 0 Å². The summed E-state index contributed by atoms with van der Waals surface area (Å²) < 4.78 is 5.69. The topological polar surface area (TPSA) is 67.6 Å². The van der Waals surface area contributed by atoms with Gasteiger partial charge < -0.3 is 20.7 Å². The van der Waals surface area contributed by atoms with Gasteiger partial charge in [-0.15, -0.1) is 0 Å². The van der Waals surface area contributed by atoms with Crippen LogP contribution in [0.1, 0.15) is 56.3 Å². The van der Waals surface area contributed by atoms with E-state index in [-0.39, 0.29) is 5.91 Å². The van der Waals surface area contributed by atoms with Crippen molar-refractivity contribution in [2.24, 2.45) is 0 Å². The van der Waals surface area contributed by atoms with E-state index in [0.717, 1.165) is 30.8 Å². The number of hydrogen-bond donors (Lipinski definition) is 2. The molecule has 1 aliphatic heterocycles. The molecular formula is C23H31N3O2. The van der Waals surface area contributed by atoms with Crippen molar-refractivity contribution in [3.63, 3.8) is 0 Å². The zero-order valence-electron chi connectivity index (χ0n) is 16.9. The quantitative estimate of drug-likeness (QED) is 0.518. The minimum atomic E-state index is -0.167. The molecule has 1 atom stereocenters. The lowest BCUT2D eigenvalue weighted by Gasteiger charge is -2.36. The van der Waals surface area contributed by atoms with E-state index in [1.54, 1.807) is 12.1 Å². The molecule has 0 aliphatic carbocycles. The zero-order chi connectivity index (χ0) is 19.9. The zero-order valence-corrected chi connectivity index (χ0v) is 16.9. The number of anilines is 3. The molecule has 0 aromatic heterocycles. The first-order chi connectivity index (χ1) is 13.6. The molecule has 2 aromatic carbocycles. The molecule has 3 N–H and O–H groups in total. The second-order valence-electron chi connectivity index (χ2n) is 7.50. The van der Waals surface area contributed by atoms with Crippen molar-refractivity contribution in [2.45, 2.75) is 52.0 Å². The minimum Gasteiger partial charge on any atom is -0.494 e. The third kappa shape index (κ3) is 4.97. The minimum absolute atomic E-state index is 0.167. The Morgan fingerprint density at radius 3 is 2.86 bits per heavy atom. The summed E-state index contributed by atoms with van der Waals surface area (Å²) in [5.74, 6) is 0.550. The van der Waals surface area contributed by atoms with E-state index in [9.17, 15) is 4.79 Å². The van der Waals surface area contributed by atoms with Gasteiger partial charge in [0.1, 0.15) is 5.75 Å². The number of hydrogen-bond acceptors (Lipinski definition) is 4. The molecule has 0 radical (unpaired) electrons. The maximum absolute atomic E-state index is 12.6. The summed E-state index contributed by atoms with van der Waals surface area (Å²) >= 11 is 0. The summed E-state index contributed by atoms with van der Waals surface area (Å²) in [5.41, 5.74) is 9.33. The highest BCUT2D eigenvalue weighted by molar-refractivity contribution is 6.04. The molecule has 1 heterocycles. The molecule has 2 aromatic rings. The van der Waals surface area contributed by atoms with Gasteiger partial charge in [-0.25, -0.2) is 0 Å². The Balaban J connectivity index is 1.67. The van der Waals surface area contributed by atoms with Crippen LogP contribution in [0.4, 0.5) is 17.1 Å². The number of nitrogens with zero attached hydrogens (tertiary/aromatic N) is 1. The Morgan fingerprint density at radius 1 is 1.25 bits per heavy atom. The maximum atomic E-state index is 12.6. The van der Waals surface area contributed by atoms with Gasteiger partial charge in [-0.1, -0.05) is 19.4 Å². The van der Waals surface area contributed by atoms with Crippen molar-refractivity contribution in [3.05, 3.63) is 48.0 Å². The number of carbonyl (C=O) groups is 1. The molecule has 1 unspecified atom stereocenters. The SMILES string of the molecule is CCCCOc1cccc(C(=O)Nc2ccc(N3CCCCC3C)c(N)c2)c1. The highest BCUT2D eigenvalue weighted by atomic mass is 16.5. The van der Waals surface area contributed by atoms with Crippen LogP contribution in [-0.2, 0) is 0 Å². The first kappa shape index (κ1) is 20.1. The molecule has 1 saturated heterocycles. The molecule has 0 spiro atoms. The van der Waals surface area contributed by atoms with Gasteiger partial charge in [-0.3, -0.25) is 4.79 Å². The fourth-order valence-electron chi connectivity index (χ4n) is 3.61. The number of amides is 1. The van der Waals surface area contributed by atoms with Crippen molar-refractivity contribution in [2.75, 3.05) is 29.1 Å². The Morgan fingerprint density at radius 2 is 2.11 bits per heavy atom. The smallest absolute Gasteiger partial charge is 0.255 e. The Labute approximate surface area is 167 Å². The fraction of sp³-hybridized carbons (Fsp3) is 0.435. The van der Waals surface area contributed by atoms with E-state index in [0.29, 0.717) is 29.6 Å². The maximum Gasteiger partial charge on any atom is 0.255 e. The normalized spacial score (nSPS) is 16.6. The first-order valence-electron chi connectivity index (χ1n) is 10.3. The van der Waals surface area contributed by atoms with E-state index in [1.807, 2.05) is 30.3 Å². The molecule has 5 heteroatoms. The summed E-state index contributed by atoms with van der Waals surface area (Å²) in [4.78, 5) is 15.0. The Kier molecular flexibility index (Phi) is 6.80. The van der Waals surface area contributed by atoms with Crippen LogP contribution in [0.5, 0.6) is 5.75 Å². The summed E-state index contributed by atoms with van der Waals surface area (Å²) in [7, 11) is 0. The van der Waals surface area contributed by atoms with Crippen LogP contribution >= 0.6 is 0 Å². The van der Waals surface area contributed by atoms with E-state index in [4.69, 9.17) is 10.5 Å². The molecule has 0 bridgehead atoms. The van der Waals surface area contributed by atoms with Crippen LogP contribution in [0, 0.1) is 0 Å². The number of nitrogens with one attached hydrogen (secondary N) is 1. The van der Waals surface area contributed by atoms with E-state index in [2.05, 4.69) is 24.1 Å². The number of nitrogens with two attached hydrogens (primary N) is 1. The lowest BCUT2D eigenvalue weighted by atomic mass is 10.0. The van der Waals surface area contributed by atoms with E-state index < -0.39 is 0 Å². The predicted octanol–water partition coefficient (Wildman–Crippen LogP) is 5.08. The molecular weight excluding hydrogens is 350 g/mol. The number of unbranched alkanes of at least 4 members (excludes halogenated alkanes) is 1. The lowest BCUT2D eigenvalue weighted by Crippen LogP contribution is -2.37. The van der Waals surface area contributed by atoms with Gasteiger partial charge in [-0.2, -0.15) is 0 Å². The number of ether oxygens (including phenoxy) is 1. The van der Waals surface area contributed by atoms with Gasteiger partial charge in [0.2, 0.25) is 0 Å². The largest absolute Gasteiger partial charge is 0.494 e. The number of rotatable bonds is 7. The summed E-state index contributed by atoms with van der Waals surface area (Å²) in [6, 6.07) is 13.5. The number of carbonyl (C=O) groups excluding carboxylic acids is 1. The third-order valence-electron chi connectivity index (χ3n) is 5.26. The standard InChI is InChI=1S/C23H31N3O2/c1-3-4-14-28-20-10-7-9-18(15-20)23(27)25-19-11-12-22(21(24)16-19)26-13-6-5-8-17(26)2/h7,9-12,15-17H,3-6,8,13-14,24H2,1-2H3,(H,25,27). The molecule has 1 aliphatic rings. The average molecular weight is 382 g/mol. The van der Waals surface area contributed by atoms with Crippen molar-refractivity contribution < 1.29 is 9.53 Å². The van der Waals surface area contributed by atoms with Crippen molar-refractivity contribution >= 4 is 23.0 Å². The Hall–Kier alpha value is -2.69.